The quantitative estimate of drug-likeness (QED) is 0.895. The number of hydrogen-bond acceptors (Lipinski definition) is 3. The molecule has 0 spiro atoms. The van der Waals surface area contributed by atoms with Crippen LogP contribution in [0.25, 0.3) is 0 Å². The van der Waals surface area contributed by atoms with Crippen molar-refractivity contribution in [2.75, 3.05) is 26.9 Å². The fourth-order valence-corrected chi connectivity index (χ4v) is 3.28. The molecule has 0 saturated carbocycles. The number of nitrogens with one attached hydrogen (secondary N) is 1. The third-order valence-electron chi connectivity index (χ3n) is 4.19. The Balaban J connectivity index is 2.37. The Kier molecular flexibility index (Phi) is 5.44. The van der Waals surface area contributed by atoms with Crippen LogP contribution < -0.4 is 10.1 Å². The highest BCUT2D eigenvalue weighted by Crippen LogP contribution is 2.37. The minimum atomic E-state index is 0.361. The Bertz CT molecular complexity index is 439. The van der Waals surface area contributed by atoms with Crippen molar-refractivity contribution in [3.05, 3.63) is 28.8 Å². The molecule has 1 fully saturated rings. The lowest BCUT2D eigenvalue weighted by Gasteiger charge is -2.33. The zero-order valence-electron chi connectivity index (χ0n) is 13.2. The first-order valence-corrected chi connectivity index (χ1v) is 7.63. The first kappa shape index (κ1) is 15.3. The van der Waals surface area contributed by atoms with Gasteiger partial charge in [-0.1, -0.05) is 13.0 Å². The highest BCUT2D eigenvalue weighted by atomic mass is 16.5. The summed E-state index contributed by atoms with van der Waals surface area (Å²) >= 11 is 0. The van der Waals surface area contributed by atoms with Crippen molar-refractivity contribution in [3.63, 3.8) is 0 Å². The van der Waals surface area contributed by atoms with Crippen LogP contribution in [-0.2, 0) is 4.74 Å². The number of ether oxygens (including phenoxy) is 2. The molecule has 0 radical (unpaired) electrons. The zero-order valence-corrected chi connectivity index (χ0v) is 13.2. The first-order valence-electron chi connectivity index (χ1n) is 7.63. The van der Waals surface area contributed by atoms with E-state index < -0.39 is 0 Å². The summed E-state index contributed by atoms with van der Waals surface area (Å²) in [5, 5.41) is 3.67. The van der Waals surface area contributed by atoms with Crippen molar-refractivity contribution in [1.82, 2.24) is 5.32 Å². The largest absolute Gasteiger partial charge is 0.496 e. The Morgan fingerprint density at radius 2 is 2.00 bits per heavy atom. The molecule has 2 rings (SSSR count). The average molecular weight is 277 g/mol. The fraction of sp³-hybridized carbons (Fsp3) is 0.647. The third-order valence-corrected chi connectivity index (χ3v) is 4.19. The highest BCUT2D eigenvalue weighted by molar-refractivity contribution is 5.45. The molecule has 3 heteroatoms. The number of rotatable bonds is 5. The molecule has 1 atom stereocenters. The van der Waals surface area contributed by atoms with Crippen LogP contribution in [0, 0.1) is 19.8 Å². The van der Waals surface area contributed by atoms with E-state index in [1.54, 1.807) is 7.11 Å². The van der Waals surface area contributed by atoms with Crippen LogP contribution in [0.15, 0.2) is 12.1 Å². The molecule has 3 nitrogen and oxygen atoms in total. The van der Waals surface area contributed by atoms with Gasteiger partial charge in [-0.15, -0.1) is 0 Å². The van der Waals surface area contributed by atoms with E-state index in [1.165, 1.54) is 16.7 Å². The van der Waals surface area contributed by atoms with E-state index in [9.17, 15) is 0 Å². The minimum Gasteiger partial charge on any atom is -0.496 e. The molecule has 0 bridgehead atoms. The first-order chi connectivity index (χ1) is 9.67. The summed E-state index contributed by atoms with van der Waals surface area (Å²) in [6.07, 6.45) is 2.24. The fourth-order valence-electron chi connectivity index (χ4n) is 3.28. The summed E-state index contributed by atoms with van der Waals surface area (Å²) in [6, 6.07) is 4.76. The average Bonchev–Trinajstić information content (AvgIpc) is 2.45. The lowest BCUT2D eigenvalue weighted by molar-refractivity contribution is 0.0534. The Morgan fingerprint density at radius 1 is 1.30 bits per heavy atom. The van der Waals surface area contributed by atoms with E-state index in [-0.39, 0.29) is 0 Å². The van der Waals surface area contributed by atoms with Gasteiger partial charge in [0.1, 0.15) is 5.75 Å². The van der Waals surface area contributed by atoms with Crippen molar-refractivity contribution in [1.29, 1.82) is 0 Å². The molecule has 1 N–H and O–H groups in total. The number of methoxy groups -OCH3 is 1. The van der Waals surface area contributed by atoms with Crippen molar-refractivity contribution in [3.8, 4) is 5.75 Å². The summed E-state index contributed by atoms with van der Waals surface area (Å²) in [6.45, 7) is 9.20. The lowest BCUT2D eigenvalue weighted by Crippen LogP contribution is -2.33. The predicted molar refractivity (Wildman–Crippen MR) is 82.4 cm³/mol. The van der Waals surface area contributed by atoms with Gasteiger partial charge >= 0.3 is 0 Å². The van der Waals surface area contributed by atoms with Crippen LogP contribution in [-0.4, -0.2) is 26.9 Å². The van der Waals surface area contributed by atoms with E-state index in [1.807, 2.05) is 0 Å². The summed E-state index contributed by atoms with van der Waals surface area (Å²) in [4.78, 5) is 0. The van der Waals surface area contributed by atoms with Crippen molar-refractivity contribution < 1.29 is 9.47 Å². The maximum atomic E-state index is 5.65. The highest BCUT2D eigenvalue weighted by Gasteiger charge is 2.28. The van der Waals surface area contributed by atoms with E-state index in [2.05, 4.69) is 38.2 Å². The van der Waals surface area contributed by atoms with E-state index in [0.717, 1.165) is 38.3 Å². The normalized spacial score (nSPS) is 18.0. The van der Waals surface area contributed by atoms with Gasteiger partial charge in [0.15, 0.2) is 0 Å². The van der Waals surface area contributed by atoms with Crippen molar-refractivity contribution >= 4 is 0 Å². The minimum absolute atomic E-state index is 0.361. The summed E-state index contributed by atoms with van der Waals surface area (Å²) in [7, 11) is 1.77. The van der Waals surface area contributed by atoms with Crippen LogP contribution in [0.2, 0.25) is 0 Å². The van der Waals surface area contributed by atoms with Crippen molar-refractivity contribution in [2.24, 2.45) is 5.92 Å². The van der Waals surface area contributed by atoms with Gasteiger partial charge in [-0.25, -0.2) is 0 Å². The topological polar surface area (TPSA) is 30.5 Å². The summed E-state index contributed by atoms with van der Waals surface area (Å²) in [5.41, 5.74) is 3.90. The van der Waals surface area contributed by atoms with Gasteiger partial charge < -0.3 is 14.8 Å². The molecule has 1 aliphatic heterocycles. The molecular weight excluding hydrogens is 250 g/mol. The monoisotopic (exact) mass is 277 g/mol. The number of aryl methyl sites for hydroxylation is 2. The molecule has 1 aliphatic rings. The predicted octanol–water partition coefficient (Wildman–Crippen LogP) is 3.39. The second kappa shape index (κ2) is 7.09. The molecule has 1 unspecified atom stereocenters. The van der Waals surface area contributed by atoms with Gasteiger partial charge in [-0.3, -0.25) is 0 Å². The van der Waals surface area contributed by atoms with Gasteiger partial charge in [0.05, 0.1) is 7.11 Å². The van der Waals surface area contributed by atoms with Gasteiger partial charge in [-0.05, 0) is 56.3 Å². The molecule has 0 aliphatic carbocycles. The van der Waals surface area contributed by atoms with Crippen LogP contribution >= 0.6 is 0 Å². The lowest BCUT2D eigenvalue weighted by atomic mass is 9.84. The van der Waals surface area contributed by atoms with Crippen LogP contribution in [0.1, 0.15) is 42.5 Å². The van der Waals surface area contributed by atoms with Crippen LogP contribution in [0.5, 0.6) is 5.75 Å². The molecule has 20 heavy (non-hydrogen) atoms. The summed E-state index contributed by atoms with van der Waals surface area (Å²) in [5.74, 6) is 1.64. The van der Waals surface area contributed by atoms with Crippen LogP contribution in [0.3, 0.4) is 0 Å². The molecular formula is C17H27NO2. The summed E-state index contributed by atoms with van der Waals surface area (Å²) < 4.78 is 11.2. The smallest absolute Gasteiger partial charge is 0.124 e. The van der Waals surface area contributed by atoms with Crippen molar-refractivity contribution in [2.45, 2.75) is 39.7 Å². The maximum Gasteiger partial charge on any atom is 0.124 e. The van der Waals surface area contributed by atoms with E-state index in [0.29, 0.717) is 12.0 Å². The third kappa shape index (κ3) is 3.33. The number of benzene rings is 1. The second-order valence-corrected chi connectivity index (χ2v) is 5.68. The Labute approximate surface area is 122 Å². The zero-order chi connectivity index (χ0) is 14.5. The maximum absolute atomic E-state index is 5.65. The van der Waals surface area contributed by atoms with Gasteiger partial charge in [-0.2, -0.15) is 0 Å². The van der Waals surface area contributed by atoms with E-state index >= 15 is 0 Å². The molecule has 0 aromatic heterocycles. The van der Waals surface area contributed by atoms with Crippen LogP contribution in [0.4, 0.5) is 0 Å². The molecule has 1 saturated heterocycles. The SMILES string of the molecule is CCNC(c1c(C)cc(C)cc1OC)C1CCOCC1. The Hall–Kier alpha value is -1.06. The molecule has 112 valence electrons. The standard InChI is InChI=1S/C17H27NO2/c1-5-18-17(14-6-8-20-9-7-14)16-13(3)10-12(2)11-15(16)19-4/h10-11,14,17-18H,5-9H2,1-4H3. The molecule has 1 aromatic rings. The molecule has 0 amide bonds. The second-order valence-electron chi connectivity index (χ2n) is 5.68. The van der Waals surface area contributed by atoms with Gasteiger partial charge in [0, 0.05) is 24.8 Å². The Morgan fingerprint density at radius 3 is 2.60 bits per heavy atom. The molecule has 1 heterocycles. The molecule has 1 aromatic carbocycles. The number of hydrogen-bond donors (Lipinski definition) is 1. The van der Waals surface area contributed by atoms with Gasteiger partial charge in [0.2, 0.25) is 0 Å². The van der Waals surface area contributed by atoms with E-state index in [4.69, 9.17) is 9.47 Å². The van der Waals surface area contributed by atoms with Gasteiger partial charge in [0.25, 0.3) is 0 Å².